The monoisotopic (exact) mass is 433 g/mol. The lowest BCUT2D eigenvalue weighted by atomic mass is 10.1. The summed E-state index contributed by atoms with van der Waals surface area (Å²) in [5.41, 5.74) is 2.97. The first-order chi connectivity index (χ1) is 15.0. The Morgan fingerprint density at radius 3 is 2.68 bits per heavy atom. The number of amides is 1. The van der Waals surface area contributed by atoms with Crippen LogP contribution in [-0.4, -0.2) is 23.0 Å². The van der Waals surface area contributed by atoms with Crippen molar-refractivity contribution in [2.45, 2.75) is 13.5 Å². The maximum Gasteiger partial charge on any atom is 0.257 e. The standard InChI is InChI=1S/C24H20ClN3O3/c1-15-7-9-21-18(11-15)19(24(29)28-22-10-8-17(30-2)13-26-22)12-23(27-21)31-14-16-5-3-4-6-20(16)25/h3-13H,14H2,1-2H3,(H,26,28,29). The van der Waals surface area contributed by atoms with Crippen LogP contribution in [0.1, 0.15) is 21.5 Å². The van der Waals surface area contributed by atoms with Gasteiger partial charge in [-0.15, -0.1) is 0 Å². The lowest BCUT2D eigenvalue weighted by Gasteiger charge is -2.12. The summed E-state index contributed by atoms with van der Waals surface area (Å²) in [4.78, 5) is 21.8. The molecule has 0 spiro atoms. The van der Waals surface area contributed by atoms with E-state index in [0.29, 0.717) is 33.6 Å². The minimum Gasteiger partial charge on any atom is -0.495 e. The van der Waals surface area contributed by atoms with E-state index < -0.39 is 0 Å². The van der Waals surface area contributed by atoms with E-state index in [9.17, 15) is 4.79 Å². The van der Waals surface area contributed by atoms with Gasteiger partial charge in [-0.1, -0.05) is 41.4 Å². The van der Waals surface area contributed by atoms with E-state index in [1.807, 2.05) is 43.3 Å². The molecule has 1 N–H and O–H groups in total. The Balaban J connectivity index is 1.65. The zero-order valence-corrected chi connectivity index (χ0v) is 17.8. The molecule has 0 aliphatic rings. The molecule has 31 heavy (non-hydrogen) atoms. The molecule has 0 atom stereocenters. The van der Waals surface area contributed by atoms with Crippen molar-refractivity contribution in [2.75, 3.05) is 12.4 Å². The van der Waals surface area contributed by atoms with Crippen molar-refractivity contribution in [1.82, 2.24) is 9.97 Å². The van der Waals surface area contributed by atoms with Crippen molar-refractivity contribution in [3.05, 3.63) is 88.6 Å². The van der Waals surface area contributed by atoms with E-state index in [0.717, 1.165) is 16.5 Å². The Morgan fingerprint density at radius 1 is 1.10 bits per heavy atom. The van der Waals surface area contributed by atoms with Crippen LogP contribution in [0.25, 0.3) is 10.9 Å². The molecule has 0 radical (unpaired) electrons. The van der Waals surface area contributed by atoms with Crippen molar-refractivity contribution >= 4 is 34.2 Å². The Bertz CT molecular complexity index is 1240. The number of ether oxygens (including phenoxy) is 2. The fourth-order valence-corrected chi connectivity index (χ4v) is 3.29. The molecule has 0 saturated heterocycles. The number of hydrogen-bond donors (Lipinski definition) is 1. The third-order valence-electron chi connectivity index (χ3n) is 4.73. The van der Waals surface area contributed by atoms with Crippen LogP contribution >= 0.6 is 11.6 Å². The van der Waals surface area contributed by atoms with E-state index in [4.69, 9.17) is 21.1 Å². The zero-order valence-electron chi connectivity index (χ0n) is 17.1. The van der Waals surface area contributed by atoms with Gasteiger partial charge in [-0.3, -0.25) is 4.79 Å². The van der Waals surface area contributed by atoms with E-state index in [1.54, 1.807) is 37.6 Å². The Labute approximate surface area is 184 Å². The molecule has 7 heteroatoms. The molecule has 0 bridgehead atoms. The van der Waals surface area contributed by atoms with E-state index in [1.165, 1.54) is 0 Å². The number of benzene rings is 2. The fraction of sp³-hybridized carbons (Fsp3) is 0.125. The molecule has 2 aromatic heterocycles. The van der Waals surface area contributed by atoms with Gasteiger partial charge >= 0.3 is 0 Å². The summed E-state index contributed by atoms with van der Waals surface area (Å²) in [5, 5.41) is 4.17. The topological polar surface area (TPSA) is 73.3 Å². The quantitative estimate of drug-likeness (QED) is 0.438. The summed E-state index contributed by atoms with van der Waals surface area (Å²) in [6, 6.07) is 18.2. The summed E-state index contributed by atoms with van der Waals surface area (Å²) >= 11 is 6.22. The fourth-order valence-electron chi connectivity index (χ4n) is 3.10. The van der Waals surface area contributed by atoms with Crippen molar-refractivity contribution in [2.24, 2.45) is 0 Å². The number of carbonyl (C=O) groups excluding carboxylic acids is 1. The normalized spacial score (nSPS) is 10.7. The number of carbonyl (C=O) groups is 1. The van der Waals surface area contributed by atoms with Gasteiger partial charge in [0, 0.05) is 22.0 Å². The van der Waals surface area contributed by atoms with Crippen LogP contribution in [0.4, 0.5) is 5.82 Å². The summed E-state index contributed by atoms with van der Waals surface area (Å²) in [5.74, 6) is 1.06. The number of aryl methyl sites for hydroxylation is 1. The average molecular weight is 434 g/mol. The van der Waals surface area contributed by atoms with Gasteiger partial charge in [0.15, 0.2) is 0 Å². The molecule has 4 rings (SSSR count). The highest BCUT2D eigenvalue weighted by Crippen LogP contribution is 2.26. The number of halogens is 1. The summed E-state index contributed by atoms with van der Waals surface area (Å²) in [6.07, 6.45) is 1.54. The number of rotatable bonds is 6. The predicted octanol–water partition coefficient (Wildman–Crippen LogP) is 5.43. The van der Waals surface area contributed by atoms with Crippen molar-refractivity contribution in [3.8, 4) is 11.6 Å². The van der Waals surface area contributed by atoms with Gasteiger partial charge in [-0.25, -0.2) is 9.97 Å². The summed E-state index contributed by atoms with van der Waals surface area (Å²) < 4.78 is 11.0. The number of fused-ring (bicyclic) bond motifs is 1. The van der Waals surface area contributed by atoms with E-state index in [2.05, 4.69) is 15.3 Å². The average Bonchev–Trinajstić information content (AvgIpc) is 2.78. The van der Waals surface area contributed by atoms with E-state index in [-0.39, 0.29) is 12.5 Å². The third-order valence-corrected chi connectivity index (χ3v) is 5.10. The largest absolute Gasteiger partial charge is 0.495 e. The highest BCUT2D eigenvalue weighted by Gasteiger charge is 2.15. The van der Waals surface area contributed by atoms with Gasteiger partial charge in [0.05, 0.1) is 24.4 Å². The number of pyridine rings is 2. The molecular weight excluding hydrogens is 414 g/mol. The molecule has 2 aromatic carbocycles. The van der Waals surface area contributed by atoms with Crippen molar-refractivity contribution in [3.63, 3.8) is 0 Å². The molecule has 0 aliphatic heterocycles. The minimum atomic E-state index is -0.307. The first kappa shape index (κ1) is 20.6. The van der Waals surface area contributed by atoms with Gasteiger partial charge in [-0.05, 0) is 37.3 Å². The van der Waals surface area contributed by atoms with Crippen LogP contribution < -0.4 is 14.8 Å². The van der Waals surface area contributed by atoms with Gasteiger partial charge in [0.2, 0.25) is 5.88 Å². The molecule has 6 nitrogen and oxygen atoms in total. The molecule has 1 amide bonds. The number of nitrogens with zero attached hydrogens (tertiary/aromatic N) is 2. The maximum absolute atomic E-state index is 13.1. The maximum atomic E-state index is 13.1. The number of nitrogens with one attached hydrogen (secondary N) is 1. The number of hydrogen-bond acceptors (Lipinski definition) is 5. The van der Waals surface area contributed by atoms with Gasteiger partial charge in [0.1, 0.15) is 18.2 Å². The minimum absolute atomic E-state index is 0.241. The molecule has 0 saturated carbocycles. The van der Waals surface area contributed by atoms with Gasteiger partial charge < -0.3 is 14.8 Å². The van der Waals surface area contributed by atoms with E-state index >= 15 is 0 Å². The second-order valence-electron chi connectivity index (χ2n) is 6.95. The lowest BCUT2D eigenvalue weighted by molar-refractivity contribution is 0.102. The smallest absolute Gasteiger partial charge is 0.257 e. The number of anilines is 1. The highest BCUT2D eigenvalue weighted by atomic mass is 35.5. The first-order valence-corrected chi connectivity index (χ1v) is 10.0. The second kappa shape index (κ2) is 9.02. The zero-order chi connectivity index (χ0) is 21.8. The van der Waals surface area contributed by atoms with Crippen molar-refractivity contribution in [1.29, 1.82) is 0 Å². The van der Waals surface area contributed by atoms with Crippen LogP contribution in [0.15, 0.2) is 66.9 Å². The van der Waals surface area contributed by atoms with Crippen molar-refractivity contribution < 1.29 is 14.3 Å². The SMILES string of the molecule is COc1ccc(NC(=O)c2cc(OCc3ccccc3Cl)nc3ccc(C)cc23)nc1. The number of aromatic nitrogens is 2. The van der Waals surface area contributed by atoms with Crippen LogP contribution in [0, 0.1) is 6.92 Å². The molecule has 2 heterocycles. The number of methoxy groups -OCH3 is 1. The molecule has 156 valence electrons. The summed E-state index contributed by atoms with van der Waals surface area (Å²) in [6.45, 7) is 2.21. The van der Waals surface area contributed by atoms with Gasteiger partial charge in [0.25, 0.3) is 5.91 Å². The molecule has 0 aliphatic carbocycles. The predicted molar refractivity (Wildman–Crippen MR) is 121 cm³/mol. The Hall–Kier alpha value is -3.64. The Morgan fingerprint density at radius 2 is 1.94 bits per heavy atom. The summed E-state index contributed by atoms with van der Waals surface area (Å²) in [7, 11) is 1.56. The molecule has 4 aromatic rings. The molecule has 0 fully saturated rings. The third kappa shape index (κ3) is 4.75. The molecular formula is C24H20ClN3O3. The van der Waals surface area contributed by atoms with Crippen LogP contribution in [0.5, 0.6) is 11.6 Å². The van der Waals surface area contributed by atoms with Gasteiger partial charge in [-0.2, -0.15) is 0 Å². The lowest BCUT2D eigenvalue weighted by Crippen LogP contribution is -2.14. The van der Waals surface area contributed by atoms with Crippen LogP contribution in [-0.2, 0) is 6.61 Å². The highest BCUT2D eigenvalue weighted by molar-refractivity contribution is 6.31. The second-order valence-corrected chi connectivity index (χ2v) is 7.35. The Kier molecular flexibility index (Phi) is 6.00. The van der Waals surface area contributed by atoms with Crippen LogP contribution in [0.2, 0.25) is 5.02 Å². The van der Waals surface area contributed by atoms with Crippen LogP contribution in [0.3, 0.4) is 0 Å². The first-order valence-electron chi connectivity index (χ1n) is 9.62. The molecule has 0 unspecified atom stereocenters.